The van der Waals surface area contributed by atoms with E-state index in [1.54, 1.807) is 12.3 Å². The minimum absolute atomic E-state index is 0.0341. The largest absolute Gasteiger partial charge is 0.489 e. The minimum Gasteiger partial charge on any atom is -0.461 e. The number of hydrogen-bond donors (Lipinski definition) is 2. The van der Waals surface area contributed by atoms with E-state index in [0.717, 1.165) is 25.9 Å². The van der Waals surface area contributed by atoms with E-state index in [4.69, 9.17) is 4.74 Å². The number of pyridine rings is 1. The maximum atomic E-state index is 11.3. The van der Waals surface area contributed by atoms with Crippen molar-refractivity contribution in [2.24, 2.45) is 5.41 Å². The van der Waals surface area contributed by atoms with Crippen molar-refractivity contribution in [1.29, 1.82) is 0 Å². The first-order chi connectivity index (χ1) is 13.2. The number of nitrogens with zero attached hydrogens (tertiary/aromatic N) is 3. The van der Waals surface area contributed by atoms with Crippen LogP contribution < -0.4 is 10.4 Å². The van der Waals surface area contributed by atoms with Crippen LogP contribution in [0.5, 0.6) is 0 Å². The van der Waals surface area contributed by atoms with E-state index in [-0.39, 0.29) is 6.61 Å². The van der Waals surface area contributed by atoms with Crippen LogP contribution in [-0.4, -0.2) is 39.2 Å². The van der Waals surface area contributed by atoms with Gasteiger partial charge in [0.05, 0.1) is 6.54 Å². The van der Waals surface area contributed by atoms with Crippen LogP contribution in [0.3, 0.4) is 0 Å². The Morgan fingerprint density at radius 2 is 2.11 bits per heavy atom. The van der Waals surface area contributed by atoms with Gasteiger partial charge in [-0.15, -0.1) is 0 Å². The lowest BCUT2D eigenvalue weighted by Gasteiger charge is -2.32. The number of rotatable bonds is 4. The summed E-state index contributed by atoms with van der Waals surface area (Å²) in [5, 5.41) is 19.5. The van der Waals surface area contributed by atoms with Gasteiger partial charge in [0.25, 0.3) is 0 Å². The maximum absolute atomic E-state index is 11.3. The molecular formula is C20H26BN3O4. The van der Waals surface area contributed by atoms with E-state index in [1.807, 2.05) is 0 Å². The normalized spacial score (nSPS) is 17.2. The van der Waals surface area contributed by atoms with Gasteiger partial charge in [-0.2, -0.15) is 0 Å². The Balaban J connectivity index is 1.64. The Labute approximate surface area is 165 Å². The fourth-order valence-corrected chi connectivity index (χ4v) is 4.52. The molecular weight excluding hydrogens is 357 g/mol. The Morgan fingerprint density at radius 3 is 2.82 bits per heavy atom. The van der Waals surface area contributed by atoms with Crippen LogP contribution in [0.1, 0.15) is 43.3 Å². The number of aromatic nitrogens is 2. The molecule has 28 heavy (non-hydrogen) atoms. The lowest BCUT2D eigenvalue weighted by Crippen LogP contribution is -2.39. The van der Waals surface area contributed by atoms with Crippen molar-refractivity contribution in [1.82, 2.24) is 9.55 Å². The molecule has 2 aliphatic rings. The molecule has 0 fully saturated rings. The van der Waals surface area contributed by atoms with E-state index < -0.39 is 13.1 Å². The fourth-order valence-electron chi connectivity index (χ4n) is 4.52. The molecule has 0 saturated carbocycles. The number of fused-ring (bicyclic) bond motifs is 3. The third-order valence-electron chi connectivity index (χ3n) is 5.71. The number of carbonyl (C=O) groups is 1. The summed E-state index contributed by atoms with van der Waals surface area (Å²) in [6.07, 6.45) is 3.77. The summed E-state index contributed by atoms with van der Waals surface area (Å²) in [6, 6.07) is 3.85. The summed E-state index contributed by atoms with van der Waals surface area (Å²) >= 11 is 0. The second kappa shape index (κ2) is 6.94. The molecule has 0 unspecified atom stereocenters. The topological polar surface area (TPSA) is 87.8 Å². The predicted molar refractivity (Wildman–Crippen MR) is 106 cm³/mol. The second-order valence-corrected chi connectivity index (χ2v) is 8.55. The quantitative estimate of drug-likeness (QED) is 0.599. The van der Waals surface area contributed by atoms with Gasteiger partial charge in [-0.25, -0.2) is 4.98 Å². The standard InChI is InChI=1S/C20H26BN3O4/c1-13(25)28-12-16-17(21(26)27)4-5-22-19(16)23-6-7-24-15(11-23)8-14-9-20(2,3)10-18(14)24/h4-5,8,26-27H,6-7,9-12H2,1-3H3. The number of carbonyl (C=O) groups excluding carboxylic acids is 1. The highest BCUT2D eigenvalue weighted by Gasteiger charge is 2.34. The maximum Gasteiger partial charge on any atom is 0.489 e. The van der Waals surface area contributed by atoms with Gasteiger partial charge in [0, 0.05) is 43.2 Å². The van der Waals surface area contributed by atoms with Gasteiger partial charge in [-0.3, -0.25) is 4.79 Å². The van der Waals surface area contributed by atoms with Gasteiger partial charge < -0.3 is 24.3 Å². The summed E-state index contributed by atoms with van der Waals surface area (Å²) in [5.41, 5.74) is 5.33. The van der Waals surface area contributed by atoms with Crippen LogP contribution >= 0.6 is 0 Å². The summed E-state index contributed by atoms with van der Waals surface area (Å²) in [6.45, 7) is 8.24. The molecule has 2 N–H and O–H groups in total. The molecule has 7 nitrogen and oxygen atoms in total. The third kappa shape index (κ3) is 3.42. The van der Waals surface area contributed by atoms with Crippen molar-refractivity contribution in [2.75, 3.05) is 11.4 Å². The lowest BCUT2D eigenvalue weighted by atomic mass is 9.77. The minimum atomic E-state index is -1.65. The van der Waals surface area contributed by atoms with Crippen LogP contribution in [-0.2, 0) is 42.1 Å². The zero-order valence-corrected chi connectivity index (χ0v) is 16.6. The van der Waals surface area contributed by atoms with Crippen LogP contribution in [0.25, 0.3) is 0 Å². The molecule has 8 heteroatoms. The Morgan fingerprint density at radius 1 is 1.32 bits per heavy atom. The number of hydrogen-bond acceptors (Lipinski definition) is 6. The average Bonchev–Trinajstić information content (AvgIpc) is 3.10. The highest BCUT2D eigenvalue weighted by atomic mass is 16.5. The highest BCUT2D eigenvalue weighted by molar-refractivity contribution is 6.59. The van der Waals surface area contributed by atoms with E-state index in [2.05, 4.69) is 34.4 Å². The molecule has 0 spiro atoms. The zero-order valence-electron chi connectivity index (χ0n) is 16.6. The highest BCUT2D eigenvalue weighted by Crippen LogP contribution is 2.39. The smallest absolute Gasteiger partial charge is 0.461 e. The first kappa shape index (κ1) is 19.0. The van der Waals surface area contributed by atoms with Gasteiger partial charge in [0.15, 0.2) is 0 Å². The third-order valence-corrected chi connectivity index (χ3v) is 5.71. The second-order valence-electron chi connectivity index (χ2n) is 8.55. The SMILES string of the molecule is CC(=O)OCc1c(B(O)O)ccnc1N1CCn2c(cc3c2CC(C)(C)C3)C1. The van der Waals surface area contributed by atoms with E-state index in [9.17, 15) is 14.8 Å². The van der Waals surface area contributed by atoms with Crippen molar-refractivity contribution in [3.05, 3.63) is 40.8 Å². The molecule has 0 saturated heterocycles. The van der Waals surface area contributed by atoms with Gasteiger partial charge in [0.2, 0.25) is 0 Å². The van der Waals surface area contributed by atoms with Crippen molar-refractivity contribution in [3.8, 4) is 0 Å². The summed E-state index contributed by atoms with van der Waals surface area (Å²) in [7, 11) is -1.65. The summed E-state index contributed by atoms with van der Waals surface area (Å²) in [5.74, 6) is 0.222. The number of esters is 1. The Bertz CT molecular complexity index is 922. The Hall–Kier alpha value is -2.32. The molecule has 1 aliphatic heterocycles. The molecule has 1 aliphatic carbocycles. The van der Waals surface area contributed by atoms with Crippen molar-refractivity contribution < 1.29 is 19.6 Å². The van der Waals surface area contributed by atoms with Crippen molar-refractivity contribution >= 4 is 24.4 Å². The molecule has 0 atom stereocenters. The molecule has 2 aromatic heterocycles. The molecule has 148 valence electrons. The molecule has 2 aromatic rings. The first-order valence-corrected chi connectivity index (χ1v) is 9.67. The van der Waals surface area contributed by atoms with E-state index in [0.29, 0.717) is 28.8 Å². The molecule has 0 radical (unpaired) electrons. The summed E-state index contributed by atoms with van der Waals surface area (Å²) < 4.78 is 7.59. The van der Waals surface area contributed by atoms with Gasteiger partial charge in [-0.05, 0) is 41.4 Å². The van der Waals surface area contributed by atoms with Crippen molar-refractivity contribution in [2.45, 2.75) is 53.3 Å². The van der Waals surface area contributed by atoms with Crippen LogP contribution in [0, 0.1) is 5.41 Å². The Kier molecular flexibility index (Phi) is 4.71. The molecule has 0 aromatic carbocycles. The zero-order chi connectivity index (χ0) is 20.1. The molecule has 4 rings (SSSR count). The van der Waals surface area contributed by atoms with Crippen molar-refractivity contribution in [3.63, 3.8) is 0 Å². The molecule has 3 heterocycles. The van der Waals surface area contributed by atoms with Gasteiger partial charge >= 0.3 is 13.1 Å². The van der Waals surface area contributed by atoms with E-state index >= 15 is 0 Å². The molecule has 0 bridgehead atoms. The summed E-state index contributed by atoms with van der Waals surface area (Å²) in [4.78, 5) is 17.9. The number of anilines is 1. The first-order valence-electron chi connectivity index (χ1n) is 9.67. The van der Waals surface area contributed by atoms with Crippen LogP contribution in [0.2, 0.25) is 0 Å². The average molecular weight is 383 g/mol. The van der Waals surface area contributed by atoms with Gasteiger partial charge in [-0.1, -0.05) is 13.8 Å². The lowest BCUT2D eigenvalue weighted by molar-refractivity contribution is -0.142. The monoisotopic (exact) mass is 383 g/mol. The number of ether oxygens (including phenoxy) is 1. The molecule has 0 amide bonds. The predicted octanol–water partition coefficient (Wildman–Crippen LogP) is 0.771. The van der Waals surface area contributed by atoms with Gasteiger partial charge in [0.1, 0.15) is 12.4 Å². The van der Waals surface area contributed by atoms with Crippen LogP contribution in [0.4, 0.5) is 5.82 Å². The van der Waals surface area contributed by atoms with Crippen LogP contribution in [0.15, 0.2) is 18.3 Å². The van der Waals surface area contributed by atoms with E-state index in [1.165, 1.54) is 23.9 Å². The fraction of sp³-hybridized carbons (Fsp3) is 0.500.